The number of halogens is 1. The fourth-order valence-corrected chi connectivity index (χ4v) is 5.11. The first kappa shape index (κ1) is 19.0. The largest absolute Gasteiger partial charge is 0.338 e. The molecule has 3 rings (SSSR count). The maximum absolute atomic E-state index is 12.9. The van der Waals surface area contributed by atoms with E-state index in [0.717, 1.165) is 19.0 Å². The van der Waals surface area contributed by atoms with Gasteiger partial charge in [-0.05, 0) is 56.9 Å². The van der Waals surface area contributed by atoms with E-state index in [1.807, 2.05) is 0 Å². The van der Waals surface area contributed by atoms with Crippen molar-refractivity contribution in [2.24, 2.45) is 17.6 Å². The van der Waals surface area contributed by atoms with Crippen LogP contribution in [0.25, 0.3) is 0 Å². The highest BCUT2D eigenvalue weighted by atomic mass is 35.5. The first-order valence-electron chi connectivity index (χ1n) is 9.44. The van der Waals surface area contributed by atoms with E-state index in [1.165, 1.54) is 51.4 Å². The number of likely N-dealkylation sites (tertiary alicyclic amines) is 2. The molecule has 0 aromatic heterocycles. The van der Waals surface area contributed by atoms with E-state index >= 15 is 0 Å². The van der Waals surface area contributed by atoms with Crippen molar-refractivity contribution in [2.45, 2.75) is 70.4 Å². The topological polar surface area (TPSA) is 49.6 Å². The summed E-state index contributed by atoms with van der Waals surface area (Å²) in [5.41, 5.74) is 5.98. The molecule has 2 aliphatic heterocycles. The molecule has 0 radical (unpaired) electrons. The highest BCUT2D eigenvalue weighted by Gasteiger charge is 2.37. The van der Waals surface area contributed by atoms with Crippen molar-refractivity contribution in [3.05, 3.63) is 0 Å². The van der Waals surface area contributed by atoms with Gasteiger partial charge in [-0.25, -0.2) is 0 Å². The average Bonchev–Trinajstić information content (AvgIpc) is 2.54. The van der Waals surface area contributed by atoms with Gasteiger partial charge < -0.3 is 10.6 Å². The zero-order chi connectivity index (χ0) is 15.5. The fraction of sp³-hybridized carbons (Fsp3) is 0.944. The third-order valence-electron chi connectivity index (χ3n) is 6.37. The van der Waals surface area contributed by atoms with Gasteiger partial charge in [-0.15, -0.1) is 12.4 Å². The summed E-state index contributed by atoms with van der Waals surface area (Å²) >= 11 is 0. The Balaban J connectivity index is 0.00000192. The van der Waals surface area contributed by atoms with Crippen LogP contribution < -0.4 is 5.73 Å². The van der Waals surface area contributed by atoms with Crippen LogP contribution in [0.1, 0.15) is 58.3 Å². The third kappa shape index (κ3) is 4.21. The van der Waals surface area contributed by atoms with Gasteiger partial charge in [0.2, 0.25) is 5.91 Å². The van der Waals surface area contributed by atoms with Gasteiger partial charge in [-0.3, -0.25) is 9.69 Å². The molecule has 2 heterocycles. The monoisotopic (exact) mass is 343 g/mol. The van der Waals surface area contributed by atoms with Crippen LogP contribution in [0.2, 0.25) is 0 Å². The molecule has 4 atom stereocenters. The maximum Gasteiger partial charge on any atom is 0.237 e. The van der Waals surface area contributed by atoms with Crippen LogP contribution >= 0.6 is 12.4 Å². The normalized spacial score (nSPS) is 35.3. The number of rotatable bonds is 3. The smallest absolute Gasteiger partial charge is 0.237 e. The summed E-state index contributed by atoms with van der Waals surface area (Å²) in [7, 11) is 0. The number of nitrogens with two attached hydrogens (primary N) is 1. The Kier molecular flexibility index (Phi) is 7.18. The molecule has 0 aromatic rings. The van der Waals surface area contributed by atoms with Gasteiger partial charge in [0.05, 0.1) is 6.54 Å². The van der Waals surface area contributed by atoms with Crippen molar-refractivity contribution in [1.29, 1.82) is 0 Å². The van der Waals surface area contributed by atoms with Gasteiger partial charge in [0.1, 0.15) is 0 Å². The van der Waals surface area contributed by atoms with E-state index < -0.39 is 0 Å². The Bertz CT molecular complexity index is 390. The number of fused-ring (bicyclic) bond motifs is 1. The number of hydrogen-bond acceptors (Lipinski definition) is 3. The minimum atomic E-state index is 0. The first-order chi connectivity index (χ1) is 10.7. The van der Waals surface area contributed by atoms with Crippen molar-refractivity contribution in [1.82, 2.24) is 9.80 Å². The summed E-state index contributed by atoms with van der Waals surface area (Å²) in [6, 6.07) is 0.929. The molecule has 2 saturated heterocycles. The van der Waals surface area contributed by atoms with Crippen molar-refractivity contribution in [3.63, 3.8) is 0 Å². The Hall–Kier alpha value is -0.320. The number of carbonyl (C=O) groups is 1. The highest BCUT2D eigenvalue weighted by Crippen LogP contribution is 2.35. The second kappa shape index (κ2) is 8.68. The lowest BCUT2D eigenvalue weighted by Gasteiger charge is -2.46. The zero-order valence-electron chi connectivity index (χ0n) is 14.6. The molecule has 23 heavy (non-hydrogen) atoms. The van der Waals surface area contributed by atoms with E-state index in [9.17, 15) is 4.79 Å². The predicted molar refractivity (Wildman–Crippen MR) is 96.8 cm³/mol. The zero-order valence-corrected chi connectivity index (χ0v) is 15.4. The SMILES string of the molecule is CC1CCCN(CC(=O)N2CCCC3CCCCC32)C1CN.Cl. The van der Waals surface area contributed by atoms with Crippen molar-refractivity contribution < 1.29 is 4.79 Å². The van der Waals surface area contributed by atoms with Gasteiger partial charge in [0, 0.05) is 25.2 Å². The Morgan fingerprint density at radius 3 is 2.52 bits per heavy atom. The number of nitrogens with zero attached hydrogens (tertiary/aromatic N) is 2. The molecule has 0 spiro atoms. The van der Waals surface area contributed by atoms with Crippen molar-refractivity contribution in [3.8, 4) is 0 Å². The molecule has 0 bridgehead atoms. The van der Waals surface area contributed by atoms with E-state index in [2.05, 4.69) is 16.7 Å². The summed E-state index contributed by atoms with van der Waals surface area (Å²) in [6.07, 6.45) is 10.2. The molecule has 0 aromatic carbocycles. The number of hydrogen-bond donors (Lipinski definition) is 1. The third-order valence-corrected chi connectivity index (χ3v) is 6.37. The van der Waals surface area contributed by atoms with Gasteiger partial charge in [-0.1, -0.05) is 19.8 Å². The summed E-state index contributed by atoms with van der Waals surface area (Å²) < 4.78 is 0. The molecule has 4 unspecified atom stereocenters. The second-order valence-electron chi connectivity index (χ2n) is 7.73. The van der Waals surface area contributed by atoms with Gasteiger partial charge in [-0.2, -0.15) is 0 Å². The van der Waals surface area contributed by atoms with Crippen molar-refractivity contribution >= 4 is 18.3 Å². The molecule has 1 saturated carbocycles. The quantitative estimate of drug-likeness (QED) is 0.857. The van der Waals surface area contributed by atoms with E-state index in [1.54, 1.807) is 0 Å². The van der Waals surface area contributed by atoms with Crippen LogP contribution in [-0.4, -0.2) is 54.0 Å². The minimum Gasteiger partial charge on any atom is -0.338 e. The molecule has 3 fully saturated rings. The molecular weight excluding hydrogens is 310 g/mol. The Labute approximate surface area is 147 Å². The molecular formula is C18H34ClN3O. The minimum absolute atomic E-state index is 0. The molecule has 5 heteroatoms. The lowest BCUT2D eigenvalue weighted by Crippen LogP contribution is -2.56. The maximum atomic E-state index is 12.9. The summed E-state index contributed by atoms with van der Waals surface area (Å²) in [5.74, 6) is 1.76. The number of amides is 1. The summed E-state index contributed by atoms with van der Waals surface area (Å²) in [6.45, 7) is 5.58. The average molecular weight is 344 g/mol. The summed E-state index contributed by atoms with van der Waals surface area (Å²) in [5, 5.41) is 0. The van der Waals surface area contributed by atoms with E-state index in [4.69, 9.17) is 5.73 Å². The van der Waals surface area contributed by atoms with Gasteiger partial charge >= 0.3 is 0 Å². The highest BCUT2D eigenvalue weighted by molar-refractivity contribution is 5.85. The molecule has 1 aliphatic carbocycles. The lowest BCUT2D eigenvalue weighted by atomic mass is 9.78. The molecule has 1 amide bonds. The van der Waals surface area contributed by atoms with Gasteiger partial charge in [0.25, 0.3) is 0 Å². The van der Waals surface area contributed by atoms with Gasteiger partial charge in [0.15, 0.2) is 0 Å². The van der Waals surface area contributed by atoms with E-state index in [0.29, 0.717) is 37.0 Å². The van der Waals surface area contributed by atoms with Crippen molar-refractivity contribution in [2.75, 3.05) is 26.2 Å². The van der Waals surface area contributed by atoms with Crippen LogP contribution in [0.4, 0.5) is 0 Å². The molecule has 4 nitrogen and oxygen atoms in total. The second-order valence-corrected chi connectivity index (χ2v) is 7.73. The number of piperidine rings is 2. The standard InChI is InChI=1S/C18H33N3O.ClH/c1-14-6-4-10-20(17(14)12-19)13-18(22)21-11-5-8-15-7-2-3-9-16(15)21;/h14-17H,2-13,19H2,1H3;1H. The summed E-state index contributed by atoms with van der Waals surface area (Å²) in [4.78, 5) is 17.5. The first-order valence-corrected chi connectivity index (χ1v) is 9.44. The van der Waals surface area contributed by atoms with Crippen LogP contribution in [-0.2, 0) is 4.79 Å². The van der Waals surface area contributed by atoms with Crippen LogP contribution in [0.15, 0.2) is 0 Å². The van der Waals surface area contributed by atoms with Crippen LogP contribution in [0.5, 0.6) is 0 Å². The van der Waals surface area contributed by atoms with E-state index in [-0.39, 0.29) is 12.4 Å². The van der Waals surface area contributed by atoms with Crippen LogP contribution in [0, 0.1) is 11.8 Å². The van der Waals surface area contributed by atoms with Crippen LogP contribution in [0.3, 0.4) is 0 Å². The lowest BCUT2D eigenvalue weighted by molar-refractivity contribution is -0.140. The predicted octanol–water partition coefficient (Wildman–Crippen LogP) is 2.65. The Morgan fingerprint density at radius 2 is 1.74 bits per heavy atom. The number of carbonyl (C=O) groups excluding carboxylic acids is 1. The molecule has 2 N–H and O–H groups in total. The molecule has 134 valence electrons. The fourth-order valence-electron chi connectivity index (χ4n) is 5.11. The Morgan fingerprint density at radius 1 is 1.04 bits per heavy atom. The molecule has 3 aliphatic rings.